The third-order valence-electron chi connectivity index (χ3n) is 2.25. The molecule has 1 amide bonds. The minimum absolute atomic E-state index is 0.222. The predicted molar refractivity (Wildman–Crippen MR) is 57.5 cm³/mol. The van der Waals surface area contributed by atoms with Crippen molar-refractivity contribution in [3.05, 3.63) is 11.8 Å². The van der Waals surface area contributed by atoms with Gasteiger partial charge in [0.1, 0.15) is 0 Å². The molecule has 0 unspecified atom stereocenters. The summed E-state index contributed by atoms with van der Waals surface area (Å²) in [4.78, 5) is 12.9. The van der Waals surface area contributed by atoms with Crippen molar-refractivity contribution in [1.82, 2.24) is 4.90 Å². The fourth-order valence-corrected chi connectivity index (χ4v) is 1.47. The maximum Gasteiger partial charge on any atom is 0.413 e. The number of amides is 1. The minimum Gasteiger partial charge on any atom is -0.452 e. The average Bonchev–Trinajstić information content (AvgIpc) is 2.25. The molecule has 15 heavy (non-hydrogen) atoms. The lowest BCUT2D eigenvalue weighted by atomic mass is 10.1. The lowest BCUT2D eigenvalue weighted by Crippen LogP contribution is -2.30. The molecule has 0 aromatic carbocycles. The van der Waals surface area contributed by atoms with E-state index in [9.17, 15) is 4.79 Å². The molecular formula is C11H19NO3. The SMILES string of the molecule is COC(=O)N1C=C(COC(C)C)CCC1. The maximum absolute atomic E-state index is 11.3. The van der Waals surface area contributed by atoms with Gasteiger partial charge in [-0.25, -0.2) is 4.79 Å². The number of hydrogen-bond acceptors (Lipinski definition) is 3. The molecule has 4 heteroatoms. The number of carbonyl (C=O) groups is 1. The van der Waals surface area contributed by atoms with Gasteiger partial charge in [0, 0.05) is 12.7 Å². The Morgan fingerprint density at radius 2 is 2.33 bits per heavy atom. The van der Waals surface area contributed by atoms with Crippen LogP contribution in [0.4, 0.5) is 4.79 Å². The summed E-state index contributed by atoms with van der Waals surface area (Å²) in [6.45, 7) is 5.34. The summed E-state index contributed by atoms with van der Waals surface area (Å²) >= 11 is 0. The minimum atomic E-state index is -0.295. The van der Waals surface area contributed by atoms with E-state index < -0.39 is 0 Å². The average molecular weight is 213 g/mol. The first kappa shape index (κ1) is 12.0. The van der Waals surface area contributed by atoms with Gasteiger partial charge in [-0.15, -0.1) is 0 Å². The summed E-state index contributed by atoms with van der Waals surface area (Å²) in [5, 5.41) is 0. The van der Waals surface area contributed by atoms with Crippen LogP contribution in [0.2, 0.25) is 0 Å². The monoisotopic (exact) mass is 213 g/mol. The predicted octanol–water partition coefficient (Wildman–Crippen LogP) is 2.16. The highest BCUT2D eigenvalue weighted by Gasteiger charge is 2.16. The molecule has 0 aliphatic carbocycles. The van der Waals surface area contributed by atoms with E-state index in [-0.39, 0.29) is 12.2 Å². The molecule has 0 saturated carbocycles. The lowest BCUT2D eigenvalue weighted by molar-refractivity contribution is 0.0920. The zero-order valence-corrected chi connectivity index (χ0v) is 9.66. The highest BCUT2D eigenvalue weighted by atomic mass is 16.5. The van der Waals surface area contributed by atoms with E-state index >= 15 is 0 Å². The smallest absolute Gasteiger partial charge is 0.413 e. The highest BCUT2D eigenvalue weighted by molar-refractivity contribution is 5.69. The van der Waals surface area contributed by atoms with Crippen molar-refractivity contribution in [3.8, 4) is 0 Å². The van der Waals surface area contributed by atoms with Crippen LogP contribution in [-0.2, 0) is 9.47 Å². The second kappa shape index (κ2) is 5.75. The van der Waals surface area contributed by atoms with Gasteiger partial charge in [0.05, 0.1) is 19.8 Å². The van der Waals surface area contributed by atoms with Crippen molar-refractivity contribution in [3.63, 3.8) is 0 Å². The number of ether oxygens (including phenoxy) is 2. The van der Waals surface area contributed by atoms with Gasteiger partial charge < -0.3 is 9.47 Å². The second-order valence-electron chi connectivity index (χ2n) is 3.91. The fourth-order valence-electron chi connectivity index (χ4n) is 1.47. The Labute approximate surface area is 90.8 Å². The molecule has 0 fully saturated rings. The van der Waals surface area contributed by atoms with E-state index in [0.29, 0.717) is 6.61 Å². The van der Waals surface area contributed by atoms with E-state index in [1.54, 1.807) is 4.90 Å². The first-order valence-electron chi connectivity index (χ1n) is 5.29. The molecule has 1 aliphatic rings. The Bertz CT molecular complexity index is 248. The summed E-state index contributed by atoms with van der Waals surface area (Å²) < 4.78 is 10.2. The quantitative estimate of drug-likeness (QED) is 0.721. The highest BCUT2D eigenvalue weighted by Crippen LogP contribution is 2.16. The van der Waals surface area contributed by atoms with Crippen molar-refractivity contribution >= 4 is 6.09 Å². The van der Waals surface area contributed by atoms with Crippen LogP contribution in [0.15, 0.2) is 11.8 Å². The van der Waals surface area contributed by atoms with E-state index in [4.69, 9.17) is 4.74 Å². The molecule has 1 heterocycles. The van der Waals surface area contributed by atoms with Crippen LogP contribution < -0.4 is 0 Å². The molecule has 86 valence electrons. The largest absolute Gasteiger partial charge is 0.452 e. The molecule has 0 atom stereocenters. The normalized spacial score (nSPS) is 16.5. The zero-order chi connectivity index (χ0) is 11.3. The fraction of sp³-hybridized carbons (Fsp3) is 0.727. The standard InChI is InChI=1S/C11H19NO3/c1-9(2)15-8-10-5-4-6-12(7-10)11(13)14-3/h7,9H,4-6,8H2,1-3H3. The Morgan fingerprint density at radius 1 is 1.60 bits per heavy atom. The van der Waals surface area contributed by atoms with Crippen LogP contribution in [0.25, 0.3) is 0 Å². The van der Waals surface area contributed by atoms with Crippen molar-refractivity contribution < 1.29 is 14.3 Å². The number of carbonyl (C=O) groups excluding carboxylic acids is 1. The second-order valence-corrected chi connectivity index (χ2v) is 3.91. The van der Waals surface area contributed by atoms with Gasteiger partial charge in [0.2, 0.25) is 0 Å². The van der Waals surface area contributed by atoms with Crippen LogP contribution in [0.5, 0.6) is 0 Å². The Balaban J connectivity index is 2.49. The van der Waals surface area contributed by atoms with Gasteiger partial charge >= 0.3 is 6.09 Å². The summed E-state index contributed by atoms with van der Waals surface area (Å²) in [5.41, 5.74) is 1.15. The molecule has 0 radical (unpaired) electrons. The van der Waals surface area contributed by atoms with Gasteiger partial charge in [-0.1, -0.05) is 0 Å². The van der Waals surface area contributed by atoms with Crippen LogP contribution >= 0.6 is 0 Å². The van der Waals surface area contributed by atoms with E-state index in [1.165, 1.54) is 7.11 Å². The number of nitrogens with zero attached hydrogens (tertiary/aromatic N) is 1. The molecule has 1 aliphatic heterocycles. The van der Waals surface area contributed by atoms with Crippen LogP contribution in [0, 0.1) is 0 Å². The van der Waals surface area contributed by atoms with Gasteiger partial charge in [0.25, 0.3) is 0 Å². The Kier molecular flexibility index (Phi) is 4.62. The Hall–Kier alpha value is -1.03. The van der Waals surface area contributed by atoms with Crippen LogP contribution in [-0.4, -0.2) is 37.4 Å². The third-order valence-corrected chi connectivity index (χ3v) is 2.25. The maximum atomic E-state index is 11.3. The molecule has 0 saturated heterocycles. The summed E-state index contributed by atoms with van der Waals surface area (Å²) in [6, 6.07) is 0. The van der Waals surface area contributed by atoms with Crippen LogP contribution in [0.3, 0.4) is 0 Å². The molecule has 0 aromatic heterocycles. The van der Waals surface area contributed by atoms with Crippen molar-refractivity contribution in [2.75, 3.05) is 20.3 Å². The number of rotatable bonds is 3. The van der Waals surface area contributed by atoms with E-state index in [0.717, 1.165) is 25.0 Å². The first-order valence-corrected chi connectivity index (χ1v) is 5.29. The van der Waals surface area contributed by atoms with E-state index in [2.05, 4.69) is 4.74 Å². The topological polar surface area (TPSA) is 38.8 Å². The van der Waals surface area contributed by atoms with Crippen molar-refractivity contribution in [2.45, 2.75) is 32.8 Å². The lowest BCUT2D eigenvalue weighted by Gasteiger charge is -2.24. The van der Waals surface area contributed by atoms with Gasteiger partial charge in [-0.05, 0) is 32.3 Å². The van der Waals surface area contributed by atoms with Gasteiger partial charge in [0.15, 0.2) is 0 Å². The number of methoxy groups -OCH3 is 1. The van der Waals surface area contributed by atoms with Crippen molar-refractivity contribution in [2.24, 2.45) is 0 Å². The summed E-state index contributed by atoms with van der Waals surface area (Å²) in [6.07, 6.45) is 3.75. The molecular weight excluding hydrogens is 194 g/mol. The molecule has 0 bridgehead atoms. The molecule has 4 nitrogen and oxygen atoms in total. The first-order chi connectivity index (χ1) is 7.13. The van der Waals surface area contributed by atoms with Crippen LogP contribution in [0.1, 0.15) is 26.7 Å². The van der Waals surface area contributed by atoms with E-state index in [1.807, 2.05) is 20.0 Å². The van der Waals surface area contributed by atoms with Gasteiger partial charge in [-0.2, -0.15) is 0 Å². The molecule has 0 N–H and O–H groups in total. The molecule has 0 spiro atoms. The molecule has 0 aromatic rings. The summed E-state index contributed by atoms with van der Waals surface area (Å²) in [7, 11) is 1.40. The molecule has 1 rings (SSSR count). The Morgan fingerprint density at radius 3 is 2.93 bits per heavy atom. The van der Waals surface area contributed by atoms with Gasteiger partial charge in [-0.3, -0.25) is 4.90 Å². The summed E-state index contributed by atoms with van der Waals surface area (Å²) in [5.74, 6) is 0. The van der Waals surface area contributed by atoms with Crippen molar-refractivity contribution in [1.29, 1.82) is 0 Å². The number of hydrogen-bond donors (Lipinski definition) is 0. The third kappa shape index (κ3) is 3.91. The zero-order valence-electron chi connectivity index (χ0n) is 9.66.